The van der Waals surface area contributed by atoms with E-state index in [1.807, 2.05) is 29.2 Å². The maximum Gasteiger partial charge on any atom is 0.253 e. The van der Waals surface area contributed by atoms with Crippen molar-refractivity contribution in [3.63, 3.8) is 0 Å². The van der Waals surface area contributed by atoms with Gasteiger partial charge in [0.2, 0.25) is 10.0 Å². The van der Waals surface area contributed by atoms with Gasteiger partial charge in [0, 0.05) is 37.7 Å². The molecule has 4 rings (SSSR count). The minimum absolute atomic E-state index is 0.110. The van der Waals surface area contributed by atoms with Gasteiger partial charge in [-0.2, -0.15) is 4.31 Å². The molecule has 2 aromatic rings. The molecule has 2 aromatic carbocycles. The Morgan fingerprint density at radius 1 is 1.00 bits per heavy atom. The number of ether oxygens (including phenoxy) is 1. The molecule has 2 saturated heterocycles. The van der Waals surface area contributed by atoms with Crippen LogP contribution in [0, 0.1) is 0 Å². The largest absolute Gasteiger partial charge is 0.497 e. The number of hydrogen-bond acceptors (Lipinski definition) is 4. The van der Waals surface area contributed by atoms with E-state index in [2.05, 4.69) is 0 Å². The van der Waals surface area contributed by atoms with Crippen LogP contribution < -0.4 is 4.74 Å². The Labute approximate surface area is 178 Å². The van der Waals surface area contributed by atoms with E-state index >= 15 is 0 Å². The van der Waals surface area contributed by atoms with Crippen LogP contribution in [0.15, 0.2) is 53.4 Å². The molecule has 30 heavy (non-hydrogen) atoms. The van der Waals surface area contributed by atoms with Gasteiger partial charge in [-0.15, -0.1) is 0 Å². The van der Waals surface area contributed by atoms with Crippen LogP contribution in [-0.2, 0) is 10.0 Å². The highest BCUT2D eigenvalue weighted by Crippen LogP contribution is 2.30. The van der Waals surface area contributed by atoms with Gasteiger partial charge in [0.1, 0.15) is 5.75 Å². The number of carbonyl (C=O) groups is 1. The summed E-state index contributed by atoms with van der Waals surface area (Å²) in [7, 11) is -1.91. The number of nitrogens with zero attached hydrogens (tertiary/aromatic N) is 2. The minimum atomic E-state index is -3.55. The van der Waals surface area contributed by atoms with Gasteiger partial charge in [0.25, 0.3) is 5.91 Å². The fraction of sp³-hybridized carbons (Fsp3) is 0.435. The van der Waals surface area contributed by atoms with E-state index < -0.39 is 10.0 Å². The lowest BCUT2D eigenvalue weighted by Gasteiger charge is -2.26. The zero-order valence-corrected chi connectivity index (χ0v) is 18.1. The molecule has 0 saturated carbocycles. The molecule has 2 aliphatic rings. The summed E-state index contributed by atoms with van der Waals surface area (Å²) in [6, 6.07) is 14.5. The van der Waals surface area contributed by atoms with E-state index in [1.54, 1.807) is 25.3 Å². The number of amides is 1. The molecule has 0 aromatic heterocycles. The molecule has 0 spiro atoms. The Hall–Kier alpha value is -2.38. The van der Waals surface area contributed by atoms with Crippen molar-refractivity contribution < 1.29 is 17.9 Å². The fourth-order valence-corrected chi connectivity index (χ4v) is 5.88. The average molecular weight is 429 g/mol. The zero-order valence-electron chi connectivity index (χ0n) is 17.3. The van der Waals surface area contributed by atoms with E-state index in [0.29, 0.717) is 31.7 Å². The summed E-state index contributed by atoms with van der Waals surface area (Å²) in [5, 5.41) is 0. The van der Waals surface area contributed by atoms with Crippen LogP contribution in [0.3, 0.4) is 0 Å². The lowest BCUT2D eigenvalue weighted by molar-refractivity contribution is 0.0790. The molecule has 1 atom stereocenters. The second-order valence-corrected chi connectivity index (χ2v) is 9.94. The van der Waals surface area contributed by atoms with Gasteiger partial charge in [0.05, 0.1) is 12.0 Å². The summed E-state index contributed by atoms with van der Waals surface area (Å²) >= 11 is 0. The highest BCUT2D eigenvalue weighted by Gasteiger charge is 2.30. The van der Waals surface area contributed by atoms with Crippen LogP contribution in [0.2, 0.25) is 0 Å². The lowest BCUT2D eigenvalue weighted by atomic mass is 9.98. The standard InChI is InChI=1S/C23H28N2O4S/c1-29-21-10-8-18(9-11-21)20-12-15-24(17-20)23(26)19-6-5-7-22(16-19)30(27,28)25-13-3-2-4-14-25/h5-11,16,20H,2-4,12-15,17H2,1H3. The highest BCUT2D eigenvalue weighted by atomic mass is 32.2. The number of carbonyl (C=O) groups excluding carboxylic acids is 1. The van der Waals surface area contributed by atoms with E-state index in [1.165, 1.54) is 15.9 Å². The fourth-order valence-electron chi connectivity index (χ4n) is 4.32. The van der Waals surface area contributed by atoms with Crippen molar-refractivity contribution in [2.45, 2.75) is 36.5 Å². The Kier molecular flexibility index (Phi) is 6.11. The van der Waals surface area contributed by atoms with Gasteiger partial charge >= 0.3 is 0 Å². The van der Waals surface area contributed by atoms with Crippen molar-refractivity contribution in [2.24, 2.45) is 0 Å². The number of likely N-dealkylation sites (tertiary alicyclic amines) is 1. The zero-order chi connectivity index (χ0) is 21.1. The van der Waals surface area contributed by atoms with Gasteiger partial charge in [0.15, 0.2) is 0 Å². The first kappa shape index (κ1) is 20.9. The molecule has 0 N–H and O–H groups in total. The van der Waals surface area contributed by atoms with Gasteiger partial charge in [-0.05, 0) is 55.2 Å². The molecule has 2 heterocycles. The summed E-state index contributed by atoms with van der Waals surface area (Å²) in [6.07, 6.45) is 3.73. The van der Waals surface area contributed by atoms with E-state index in [9.17, 15) is 13.2 Å². The Morgan fingerprint density at radius 3 is 2.43 bits per heavy atom. The van der Waals surface area contributed by atoms with Gasteiger partial charge < -0.3 is 9.64 Å². The monoisotopic (exact) mass is 428 g/mol. The second kappa shape index (κ2) is 8.78. The molecular weight excluding hydrogens is 400 g/mol. The quantitative estimate of drug-likeness (QED) is 0.731. The molecule has 1 unspecified atom stereocenters. The highest BCUT2D eigenvalue weighted by molar-refractivity contribution is 7.89. The average Bonchev–Trinajstić information content (AvgIpc) is 3.29. The topological polar surface area (TPSA) is 66.9 Å². The van der Waals surface area contributed by atoms with Gasteiger partial charge in [-0.25, -0.2) is 8.42 Å². The van der Waals surface area contributed by atoms with Crippen LogP contribution in [0.5, 0.6) is 5.75 Å². The van der Waals surface area contributed by atoms with Crippen LogP contribution in [-0.4, -0.2) is 56.8 Å². The molecular formula is C23H28N2O4S. The number of benzene rings is 2. The predicted molar refractivity (Wildman–Crippen MR) is 115 cm³/mol. The summed E-state index contributed by atoms with van der Waals surface area (Å²) in [6.45, 7) is 2.40. The summed E-state index contributed by atoms with van der Waals surface area (Å²) in [5.74, 6) is 0.984. The number of piperidine rings is 1. The number of methoxy groups -OCH3 is 1. The molecule has 2 fully saturated rings. The normalized spacial score (nSPS) is 20.3. The Balaban J connectivity index is 1.48. The van der Waals surface area contributed by atoms with Crippen LogP contribution >= 0.6 is 0 Å². The minimum Gasteiger partial charge on any atom is -0.497 e. The van der Waals surface area contributed by atoms with Gasteiger partial charge in [-0.3, -0.25) is 4.79 Å². The third-order valence-corrected chi connectivity index (χ3v) is 7.99. The van der Waals surface area contributed by atoms with Gasteiger partial charge in [-0.1, -0.05) is 24.6 Å². The first-order valence-corrected chi connectivity index (χ1v) is 12.0. The maximum atomic E-state index is 13.1. The molecule has 0 aliphatic carbocycles. The maximum absolute atomic E-state index is 13.1. The molecule has 7 heteroatoms. The first-order chi connectivity index (χ1) is 14.5. The van der Waals surface area contributed by atoms with Crippen molar-refractivity contribution in [3.05, 3.63) is 59.7 Å². The number of rotatable bonds is 5. The number of hydrogen-bond donors (Lipinski definition) is 0. The van der Waals surface area contributed by atoms with E-state index in [0.717, 1.165) is 31.4 Å². The Morgan fingerprint density at radius 2 is 1.73 bits per heavy atom. The van der Waals surface area contributed by atoms with Crippen molar-refractivity contribution in [1.29, 1.82) is 0 Å². The lowest BCUT2D eigenvalue weighted by Crippen LogP contribution is -2.35. The van der Waals surface area contributed by atoms with Crippen molar-refractivity contribution in [3.8, 4) is 5.75 Å². The molecule has 160 valence electrons. The smallest absolute Gasteiger partial charge is 0.253 e. The van der Waals surface area contributed by atoms with E-state index in [4.69, 9.17) is 4.74 Å². The van der Waals surface area contributed by atoms with Crippen LogP contribution in [0.4, 0.5) is 0 Å². The van der Waals surface area contributed by atoms with Crippen LogP contribution in [0.1, 0.15) is 47.5 Å². The molecule has 0 radical (unpaired) electrons. The van der Waals surface area contributed by atoms with Crippen molar-refractivity contribution in [2.75, 3.05) is 33.3 Å². The molecule has 2 aliphatic heterocycles. The first-order valence-electron chi connectivity index (χ1n) is 10.5. The Bertz CT molecular complexity index is 998. The molecule has 6 nitrogen and oxygen atoms in total. The summed E-state index contributed by atoms with van der Waals surface area (Å²) in [5.41, 5.74) is 1.62. The molecule has 1 amide bonds. The number of sulfonamides is 1. The third kappa shape index (κ3) is 4.23. The predicted octanol–water partition coefficient (Wildman–Crippen LogP) is 3.50. The summed E-state index contributed by atoms with van der Waals surface area (Å²) < 4.78 is 32.7. The second-order valence-electron chi connectivity index (χ2n) is 8.00. The van der Waals surface area contributed by atoms with Crippen molar-refractivity contribution >= 4 is 15.9 Å². The SMILES string of the molecule is COc1ccc(C2CCN(C(=O)c3cccc(S(=O)(=O)N4CCCCC4)c3)C2)cc1. The molecule has 0 bridgehead atoms. The van der Waals surface area contributed by atoms with Crippen molar-refractivity contribution in [1.82, 2.24) is 9.21 Å². The van der Waals surface area contributed by atoms with E-state index in [-0.39, 0.29) is 16.7 Å². The van der Waals surface area contributed by atoms with Crippen LogP contribution in [0.25, 0.3) is 0 Å². The summed E-state index contributed by atoms with van der Waals surface area (Å²) in [4.78, 5) is 15.1. The third-order valence-electron chi connectivity index (χ3n) is 6.10.